The largest absolute Gasteiger partial charge is 0.389 e. The highest BCUT2D eigenvalue weighted by atomic mass is 16.3. The summed E-state index contributed by atoms with van der Waals surface area (Å²) in [7, 11) is 1.75. The predicted molar refractivity (Wildman–Crippen MR) is 74.9 cm³/mol. The average molecular weight is 252 g/mol. The lowest BCUT2D eigenvalue weighted by Crippen LogP contribution is -2.29. The molecule has 18 heavy (non-hydrogen) atoms. The molecule has 1 aromatic carbocycles. The van der Waals surface area contributed by atoms with Crippen molar-refractivity contribution >= 4 is 5.69 Å². The summed E-state index contributed by atoms with van der Waals surface area (Å²) in [4.78, 5) is 2.24. The highest BCUT2D eigenvalue weighted by Gasteiger charge is 2.17. The zero-order valence-corrected chi connectivity index (χ0v) is 11.4. The number of nitrogens with zero attached hydrogens (tertiary/aromatic N) is 1. The minimum absolute atomic E-state index is 0.374. The van der Waals surface area contributed by atoms with Gasteiger partial charge in [-0.3, -0.25) is 0 Å². The summed E-state index contributed by atoms with van der Waals surface area (Å²) in [6.07, 6.45) is -1.63. The first kappa shape index (κ1) is 15.0. The monoisotopic (exact) mass is 252 g/mol. The van der Waals surface area contributed by atoms with E-state index >= 15 is 0 Å². The van der Waals surface area contributed by atoms with E-state index in [1.165, 1.54) is 0 Å². The molecule has 0 spiro atoms. The summed E-state index contributed by atoms with van der Waals surface area (Å²) in [6.45, 7) is 6.52. The van der Waals surface area contributed by atoms with Crippen LogP contribution in [0.5, 0.6) is 0 Å². The third-order valence-corrected chi connectivity index (χ3v) is 3.14. The number of hydrogen-bond donors (Lipinski definition) is 3. The number of benzene rings is 1. The van der Waals surface area contributed by atoms with Gasteiger partial charge in [0.1, 0.15) is 6.10 Å². The first-order valence-corrected chi connectivity index (χ1v) is 6.49. The Labute approximate surface area is 109 Å². The molecule has 0 radical (unpaired) electrons. The maximum atomic E-state index is 9.96. The van der Waals surface area contributed by atoms with E-state index in [4.69, 9.17) is 0 Å². The lowest BCUT2D eigenvalue weighted by atomic mass is 10.0. The molecule has 0 fully saturated rings. The standard InChI is InChI=1S/C14H24N2O2/c1-4-16(5-2)12-8-6-11(7-9-12)14(18)13(17)10-15-3/h6-9,13-15,17-18H,4-5,10H2,1-3H3. The number of aliphatic hydroxyl groups is 2. The second-order valence-electron chi connectivity index (χ2n) is 4.33. The normalized spacial score (nSPS) is 14.3. The van der Waals surface area contributed by atoms with Crippen molar-refractivity contribution in [3.8, 4) is 0 Å². The van der Waals surface area contributed by atoms with Crippen LogP contribution in [-0.4, -0.2) is 43.0 Å². The molecule has 0 heterocycles. The van der Waals surface area contributed by atoms with E-state index in [1.54, 1.807) is 7.05 Å². The summed E-state index contributed by atoms with van der Waals surface area (Å²) in [5, 5.41) is 22.5. The highest BCUT2D eigenvalue weighted by Crippen LogP contribution is 2.21. The molecule has 0 aliphatic rings. The molecule has 0 bridgehead atoms. The van der Waals surface area contributed by atoms with E-state index in [0.717, 1.165) is 24.3 Å². The first-order chi connectivity index (χ1) is 8.63. The van der Waals surface area contributed by atoms with Crippen LogP contribution in [0.25, 0.3) is 0 Å². The van der Waals surface area contributed by atoms with E-state index < -0.39 is 12.2 Å². The number of rotatable bonds is 7. The first-order valence-electron chi connectivity index (χ1n) is 6.49. The van der Waals surface area contributed by atoms with Gasteiger partial charge in [0, 0.05) is 25.3 Å². The molecule has 1 aromatic rings. The summed E-state index contributed by atoms with van der Waals surface area (Å²) < 4.78 is 0. The van der Waals surface area contributed by atoms with Crippen molar-refractivity contribution in [2.45, 2.75) is 26.1 Å². The van der Waals surface area contributed by atoms with E-state index in [0.29, 0.717) is 6.54 Å². The van der Waals surface area contributed by atoms with Crippen LogP contribution in [0.3, 0.4) is 0 Å². The summed E-state index contributed by atoms with van der Waals surface area (Å²) in [5.41, 5.74) is 1.88. The van der Waals surface area contributed by atoms with Gasteiger partial charge in [-0.25, -0.2) is 0 Å². The van der Waals surface area contributed by atoms with Crippen molar-refractivity contribution < 1.29 is 10.2 Å². The molecule has 0 aromatic heterocycles. The fraction of sp³-hybridized carbons (Fsp3) is 0.571. The Morgan fingerprint density at radius 3 is 2.11 bits per heavy atom. The van der Waals surface area contributed by atoms with Crippen LogP contribution >= 0.6 is 0 Å². The molecule has 1 rings (SSSR count). The SMILES string of the molecule is CCN(CC)c1ccc(C(O)C(O)CNC)cc1. The number of likely N-dealkylation sites (N-methyl/N-ethyl adjacent to an activating group) is 1. The summed E-state index contributed by atoms with van der Waals surface area (Å²) >= 11 is 0. The Morgan fingerprint density at radius 1 is 1.11 bits per heavy atom. The van der Waals surface area contributed by atoms with Gasteiger partial charge in [0.25, 0.3) is 0 Å². The van der Waals surface area contributed by atoms with Gasteiger partial charge < -0.3 is 20.4 Å². The van der Waals surface area contributed by atoms with Gasteiger partial charge in [-0.15, -0.1) is 0 Å². The summed E-state index contributed by atoms with van der Waals surface area (Å²) in [5.74, 6) is 0. The van der Waals surface area contributed by atoms with Crippen molar-refractivity contribution in [1.29, 1.82) is 0 Å². The smallest absolute Gasteiger partial charge is 0.106 e. The van der Waals surface area contributed by atoms with Crippen LogP contribution in [0.1, 0.15) is 25.5 Å². The predicted octanol–water partition coefficient (Wildman–Crippen LogP) is 1.15. The van der Waals surface area contributed by atoms with Crippen LogP contribution in [0.15, 0.2) is 24.3 Å². The van der Waals surface area contributed by atoms with Crippen LogP contribution in [0, 0.1) is 0 Å². The van der Waals surface area contributed by atoms with Crippen LogP contribution in [-0.2, 0) is 0 Å². The summed E-state index contributed by atoms with van der Waals surface area (Å²) in [6, 6.07) is 7.71. The quantitative estimate of drug-likeness (QED) is 0.681. The number of hydrogen-bond acceptors (Lipinski definition) is 4. The molecule has 0 saturated heterocycles. The van der Waals surface area contributed by atoms with Crippen LogP contribution < -0.4 is 10.2 Å². The fourth-order valence-corrected chi connectivity index (χ4v) is 2.01. The Bertz CT molecular complexity index is 336. The fourth-order valence-electron chi connectivity index (χ4n) is 2.01. The van der Waals surface area contributed by atoms with E-state index in [9.17, 15) is 10.2 Å². The van der Waals surface area contributed by atoms with Gasteiger partial charge in [0.15, 0.2) is 0 Å². The number of aliphatic hydroxyl groups excluding tert-OH is 2. The van der Waals surface area contributed by atoms with Gasteiger partial charge in [0.05, 0.1) is 6.10 Å². The zero-order chi connectivity index (χ0) is 13.5. The highest BCUT2D eigenvalue weighted by molar-refractivity contribution is 5.47. The average Bonchev–Trinajstić information content (AvgIpc) is 2.40. The third-order valence-electron chi connectivity index (χ3n) is 3.14. The molecule has 0 amide bonds. The second-order valence-corrected chi connectivity index (χ2v) is 4.33. The number of anilines is 1. The zero-order valence-electron chi connectivity index (χ0n) is 11.4. The van der Waals surface area contributed by atoms with Crippen molar-refractivity contribution in [1.82, 2.24) is 5.32 Å². The van der Waals surface area contributed by atoms with Gasteiger partial charge in [0.2, 0.25) is 0 Å². The molecule has 0 aliphatic carbocycles. The molecule has 3 N–H and O–H groups in total. The lowest BCUT2D eigenvalue weighted by Gasteiger charge is -2.22. The molecular formula is C14H24N2O2. The number of nitrogens with one attached hydrogen (secondary N) is 1. The van der Waals surface area contributed by atoms with Crippen molar-refractivity contribution in [2.75, 3.05) is 31.6 Å². The van der Waals surface area contributed by atoms with Crippen LogP contribution in [0.2, 0.25) is 0 Å². The molecule has 0 saturated carbocycles. The molecule has 0 aliphatic heterocycles. The van der Waals surface area contributed by atoms with E-state index in [-0.39, 0.29) is 0 Å². The van der Waals surface area contributed by atoms with Crippen molar-refractivity contribution in [3.05, 3.63) is 29.8 Å². The minimum atomic E-state index is -0.844. The van der Waals surface area contributed by atoms with Gasteiger partial charge in [-0.05, 0) is 38.6 Å². The topological polar surface area (TPSA) is 55.7 Å². The molecule has 2 unspecified atom stereocenters. The second kappa shape index (κ2) is 7.36. The lowest BCUT2D eigenvalue weighted by molar-refractivity contribution is 0.0202. The Kier molecular flexibility index (Phi) is 6.12. The van der Waals surface area contributed by atoms with Crippen molar-refractivity contribution in [3.63, 3.8) is 0 Å². The molecular weight excluding hydrogens is 228 g/mol. The molecule has 4 heteroatoms. The van der Waals surface area contributed by atoms with Crippen molar-refractivity contribution in [2.24, 2.45) is 0 Å². The maximum absolute atomic E-state index is 9.96. The Morgan fingerprint density at radius 2 is 1.67 bits per heavy atom. The van der Waals surface area contributed by atoms with E-state index in [1.807, 2.05) is 24.3 Å². The molecule has 2 atom stereocenters. The Balaban J connectivity index is 2.75. The maximum Gasteiger partial charge on any atom is 0.106 e. The molecule has 102 valence electrons. The van der Waals surface area contributed by atoms with Crippen LogP contribution in [0.4, 0.5) is 5.69 Å². The third kappa shape index (κ3) is 3.70. The Hall–Kier alpha value is -1.10. The van der Waals surface area contributed by atoms with Gasteiger partial charge in [-0.1, -0.05) is 12.1 Å². The van der Waals surface area contributed by atoms with Gasteiger partial charge in [-0.2, -0.15) is 0 Å². The minimum Gasteiger partial charge on any atom is -0.389 e. The van der Waals surface area contributed by atoms with E-state index in [2.05, 4.69) is 24.1 Å². The van der Waals surface area contributed by atoms with Gasteiger partial charge >= 0.3 is 0 Å². The molecule has 4 nitrogen and oxygen atoms in total.